The van der Waals surface area contributed by atoms with Crippen molar-refractivity contribution in [1.29, 1.82) is 0 Å². The van der Waals surface area contributed by atoms with Gasteiger partial charge in [-0.2, -0.15) is 0 Å². The van der Waals surface area contributed by atoms with Crippen molar-refractivity contribution in [1.82, 2.24) is 0 Å². The third-order valence-electron chi connectivity index (χ3n) is 0.732. The molecule has 0 unspecified atom stereocenters. The van der Waals surface area contributed by atoms with Gasteiger partial charge >= 0.3 is 5.97 Å². The highest BCUT2D eigenvalue weighted by Gasteiger charge is 2.13. The van der Waals surface area contributed by atoms with Crippen LogP contribution >= 0.6 is 11.6 Å². The number of aliphatic carboxylic acids is 1. The maximum Gasteiger partial charge on any atom is 0.318 e. The van der Waals surface area contributed by atoms with Crippen molar-refractivity contribution in [3.05, 3.63) is 0 Å². The summed E-state index contributed by atoms with van der Waals surface area (Å²) in [6, 6.07) is 0. The summed E-state index contributed by atoms with van der Waals surface area (Å²) in [4.78, 5) is 9.87. The van der Waals surface area contributed by atoms with Crippen LogP contribution in [0.3, 0.4) is 0 Å². The predicted octanol–water partition coefficient (Wildman–Crippen LogP) is -0.275. The first kappa shape index (κ1) is 9.71. The van der Waals surface area contributed by atoms with Crippen LogP contribution < -0.4 is 0 Å². The average Bonchev–Trinajstić information content (AvgIpc) is 1.59. The van der Waals surface area contributed by atoms with Crippen molar-refractivity contribution in [2.24, 2.45) is 0 Å². The van der Waals surface area contributed by atoms with Gasteiger partial charge in [-0.25, -0.2) is 8.42 Å². The molecule has 0 radical (unpaired) electrons. The molecule has 0 spiro atoms. The molecule has 0 aromatic heterocycles. The summed E-state index contributed by atoms with van der Waals surface area (Å²) in [5.74, 6) is -2.51. The van der Waals surface area contributed by atoms with E-state index < -0.39 is 21.6 Å². The van der Waals surface area contributed by atoms with Crippen LogP contribution in [0.25, 0.3) is 0 Å². The topological polar surface area (TPSA) is 71.4 Å². The van der Waals surface area contributed by atoms with E-state index in [2.05, 4.69) is 0 Å². The first-order valence-electron chi connectivity index (χ1n) is 2.46. The summed E-state index contributed by atoms with van der Waals surface area (Å²) in [7, 11) is -3.46. The second-order valence-corrected chi connectivity index (χ2v) is 4.24. The highest BCUT2D eigenvalue weighted by atomic mass is 35.5. The normalized spacial score (nSPS) is 11.3. The Labute approximate surface area is 63.7 Å². The summed E-state index contributed by atoms with van der Waals surface area (Å²) in [6.07, 6.45) is 0. The van der Waals surface area contributed by atoms with Crippen molar-refractivity contribution in [2.45, 2.75) is 0 Å². The van der Waals surface area contributed by atoms with E-state index in [9.17, 15) is 13.2 Å². The fraction of sp³-hybridized carbons (Fsp3) is 0.750. The molecule has 0 rings (SSSR count). The van der Waals surface area contributed by atoms with Gasteiger partial charge in [0.05, 0.1) is 5.75 Å². The number of carboxylic acid groups (broad SMARTS) is 1. The molecule has 0 aromatic carbocycles. The molecule has 0 atom stereocenters. The Bertz CT molecular complexity index is 207. The first-order chi connectivity index (χ1) is 4.48. The molecule has 0 amide bonds. The van der Waals surface area contributed by atoms with Gasteiger partial charge < -0.3 is 5.11 Å². The summed E-state index contributed by atoms with van der Waals surface area (Å²) < 4.78 is 21.2. The molecule has 0 saturated carbocycles. The van der Waals surface area contributed by atoms with Crippen LogP contribution in [-0.2, 0) is 14.6 Å². The predicted molar refractivity (Wildman–Crippen MR) is 37.0 cm³/mol. The van der Waals surface area contributed by atoms with E-state index >= 15 is 0 Å². The Hall–Kier alpha value is -0.290. The average molecular weight is 187 g/mol. The molecule has 4 nitrogen and oxygen atoms in total. The molecule has 10 heavy (non-hydrogen) atoms. The van der Waals surface area contributed by atoms with Crippen molar-refractivity contribution in [3.8, 4) is 0 Å². The summed E-state index contributed by atoms with van der Waals surface area (Å²) in [6.45, 7) is 0. The van der Waals surface area contributed by atoms with Gasteiger partial charge in [0.15, 0.2) is 9.84 Å². The third kappa shape index (κ3) is 4.58. The Morgan fingerprint density at radius 1 is 1.50 bits per heavy atom. The maximum atomic E-state index is 10.6. The van der Waals surface area contributed by atoms with Gasteiger partial charge in [-0.05, 0) is 0 Å². The van der Waals surface area contributed by atoms with E-state index in [4.69, 9.17) is 16.7 Å². The minimum absolute atomic E-state index is 0.0599. The fourth-order valence-electron chi connectivity index (χ4n) is 0.378. The number of carbonyl (C=O) groups is 1. The Kier molecular flexibility index (Phi) is 3.67. The molecule has 0 aliphatic carbocycles. The molecule has 1 N–H and O–H groups in total. The lowest BCUT2D eigenvalue weighted by atomic mass is 10.8. The van der Waals surface area contributed by atoms with E-state index in [1.54, 1.807) is 0 Å². The largest absolute Gasteiger partial charge is 0.480 e. The third-order valence-corrected chi connectivity index (χ3v) is 2.66. The van der Waals surface area contributed by atoms with E-state index in [0.29, 0.717) is 0 Å². The van der Waals surface area contributed by atoms with E-state index in [0.717, 1.165) is 0 Å². The summed E-state index contributed by atoms with van der Waals surface area (Å²) >= 11 is 5.10. The van der Waals surface area contributed by atoms with Crippen LogP contribution in [0.5, 0.6) is 0 Å². The highest BCUT2D eigenvalue weighted by molar-refractivity contribution is 7.92. The molecule has 60 valence electrons. The molecule has 0 aromatic rings. The number of halogens is 1. The quantitative estimate of drug-likeness (QED) is 0.614. The Morgan fingerprint density at radius 3 is 2.30 bits per heavy atom. The van der Waals surface area contributed by atoms with Crippen LogP contribution in [0.15, 0.2) is 0 Å². The SMILES string of the molecule is O=C(O)CS(=O)(=O)CCCl. The van der Waals surface area contributed by atoms with Gasteiger partial charge in [0.25, 0.3) is 0 Å². The van der Waals surface area contributed by atoms with Gasteiger partial charge in [-0.3, -0.25) is 4.79 Å². The monoisotopic (exact) mass is 186 g/mol. The number of hydrogen-bond donors (Lipinski definition) is 1. The molecule has 0 aliphatic heterocycles. The van der Waals surface area contributed by atoms with Gasteiger partial charge in [0.1, 0.15) is 5.75 Å². The van der Waals surface area contributed by atoms with Crippen molar-refractivity contribution < 1.29 is 18.3 Å². The zero-order valence-electron chi connectivity index (χ0n) is 5.08. The zero-order valence-corrected chi connectivity index (χ0v) is 6.65. The number of sulfone groups is 1. The Balaban J connectivity index is 4.02. The molecule has 0 bridgehead atoms. The summed E-state index contributed by atoms with van der Waals surface area (Å²) in [5.41, 5.74) is 0. The van der Waals surface area contributed by atoms with Crippen LogP contribution in [0.1, 0.15) is 0 Å². The molecular weight excluding hydrogens is 180 g/mol. The van der Waals surface area contributed by atoms with E-state index in [1.807, 2.05) is 0 Å². The van der Waals surface area contributed by atoms with Crippen LogP contribution in [0.4, 0.5) is 0 Å². The highest BCUT2D eigenvalue weighted by Crippen LogP contribution is 1.91. The van der Waals surface area contributed by atoms with E-state index in [1.165, 1.54) is 0 Å². The number of carboxylic acids is 1. The molecule has 0 fully saturated rings. The number of alkyl halides is 1. The second-order valence-electron chi connectivity index (χ2n) is 1.67. The standard InChI is InChI=1S/C4H7ClO4S/c5-1-2-10(8,9)3-4(6)7/h1-3H2,(H,6,7). The fourth-order valence-corrected chi connectivity index (χ4v) is 1.84. The van der Waals surface area contributed by atoms with Crippen LogP contribution in [0.2, 0.25) is 0 Å². The molecule has 0 aliphatic rings. The van der Waals surface area contributed by atoms with Crippen LogP contribution in [-0.4, -0.2) is 36.9 Å². The molecule has 6 heteroatoms. The van der Waals surface area contributed by atoms with Crippen LogP contribution in [0, 0.1) is 0 Å². The lowest BCUT2D eigenvalue weighted by molar-refractivity contribution is -0.134. The Morgan fingerprint density at radius 2 is 2.00 bits per heavy atom. The van der Waals surface area contributed by atoms with Gasteiger partial charge in [-0.15, -0.1) is 11.6 Å². The molecule has 0 heterocycles. The van der Waals surface area contributed by atoms with Crippen molar-refractivity contribution >= 4 is 27.4 Å². The molecular formula is C4H7ClO4S. The number of rotatable bonds is 4. The molecule has 0 saturated heterocycles. The second kappa shape index (κ2) is 3.78. The zero-order chi connectivity index (χ0) is 8.20. The number of hydrogen-bond acceptors (Lipinski definition) is 3. The first-order valence-corrected chi connectivity index (χ1v) is 4.82. The van der Waals surface area contributed by atoms with E-state index in [-0.39, 0.29) is 11.6 Å². The lowest BCUT2D eigenvalue weighted by Gasteiger charge is -1.94. The van der Waals surface area contributed by atoms with Gasteiger partial charge in [-0.1, -0.05) is 0 Å². The minimum Gasteiger partial charge on any atom is -0.480 e. The van der Waals surface area contributed by atoms with Crippen molar-refractivity contribution in [2.75, 3.05) is 17.4 Å². The van der Waals surface area contributed by atoms with Gasteiger partial charge in [0, 0.05) is 5.88 Å². The summed E-state index contributed by atoms with van der Waals surface area (Å²) in [5, 5.41) is 8.05. The van der Waals surface area contributed by atoms with Crippen molar-refractivity contribution in [3.63, 3.8) is 0 Å². The minimum atomic E-state index is -3.46. The lowest BCUT2D eigenvalue weighted by Crippen LogP contribution is -2.18. The van der Waals surface area contributed by atoms with Gasteiger partial charge in [0.2, 0.25) is 0 Å². The maximum absolute atomic E-state index is 10.6. The smallest absolute Gasteiger partial charge is 0.318 e.